The van der Waals surface area contributed by atoms with Crippen molar-refractivity contribution >= 4 is 91.3 Å². The topological polar surface area (TPSA) is 363 Å². The molecule has 2 unspecified atom stereocenters. The molecule has 6 amide bonds. The highest BCUT2D eigenvalue weighted by Crippen LogP contribution is 2.51. The van der Waals surface area contributed by atoms with Gasteiger partial charge in [-0.05, 0) is 83.7 Å². The van der Waals surface area contributed by atoms with Crippen molar-refractivity contribution in [2.75, 3.05) is 19.7 Å². The first kappa shape index (κ1) is 104. The Balaban J connectivity index is 0.785. The first-order valence-electron chi connectivity index (χ1n) is 50.0. The molecule has 12 aromatic rings. The number of nitrogens with zero attached hydrogens (tertiary/aromatic N) is 4. The molecule has 774 valence electrons. The number of carbonyl (C=O) groups is 6. The number of alkyl carbamates (subject to hydrolysis) is 4. The molecule has 6 N–H and O–H groups in total. The Bertz CT molecular complexity index is 6350. The molecule has 7 aliphatic rings. The highest BCUT2D eigenvalue weighted by atomic mass is 32.1. The summed E-state index contributed by atoms with van der Waals surface area (Å²) in [6.07, 6.45) is -25.5. The van der Waals surface area contributed by atoms with Crippen molar-refractivity contribution < 1.29 is 114 Å². The maximum Gasteiger partial charge on any atom is 0.412 e. The molecule has 21 atom stereocenters. The van der Waals surface area contributed by atoms with Crippen molar-refractivity contribution in [3.8, 4) is 0 Å². The predicted molar refractivity (Wildman–Crippen MR) is 555 cm³/mol. The van der Waals surface area contributed by atoms with E-state index in [1.165, 1.54) is 26.9 Å². The zero-order valence-electron chi connectivity index (χ0n) is 82.8. The molecule has 11 aromatic carbocycles. The van der Waals surface area contributed by atoms with E-state index in [-0.39, 0.29) is 70.7 Å². The molecular weight excluding hydrogens is 1950 g/mol. The number of imidazole rings is 1. The van der Waals surface area contributed by atoms with Gasteiger partial charge in [0, 0.05) is 29.4 Å². The van der Waals surface area contributed by atoms with Crippen LogP contribution in [-0.4, -0.2) is 217 Å². The maximum absolute atomic E-state index is 15.4. The van der Waals surface area contributed by atoms with Gasteiger partial charge in [-0.3, -0.25) is 14.4 Å². The zero-order valence-corrected chi connectivity index (χ0v) is 85.6. The molecular formula is C114H120N8O24SSi2. The van der Waals surface area contributed by atoms with E-state index in [4.69, 9.17) is 87.7 Å². The quantitative estimate of drug-likeness (QED) is 0.0130. The van der Waals surface area contributed by atoms with Crippen LogP contribution in [0.3, 0.4) is 0 Å². The number of benzene rings is 11. The van der Waals surface area contributed by atoms with Gasteiger partial charge in [-0.15, -0.1) is 0 Å². The van der Waals surface area contributed by atoms with Crippen LogP contribution in [0, 0.1) is 5.92 Å². The molecule has 35 heteroatoms. The number of rotatable bonds is 32. The predicted octanol–water partition coefficient (Wildman–Crippen LogP) is 14.4. The minimum Gasteiger partial charge on any atom is -0.462 e. The van der Waals surface area contributed by atoms with E-state index in [1.807, 2.05) is 226 Å². The highest BCUT2D eigenvalue weighted by Gasteiger charge is 2.65. The number of fused-ring (bicyclic) bond motifs is 3. The van der Waals surface area contributed by atoms with E-state index in [0.717, 1.165) is 10.4 Å². The van der Waals surface area contributed by atoms with Crippen molar-refractivity contribution in [3.05, 3.63) is 391 Å². The van der Waals surface area contributed by atoms with E-state index in [2.05, 4.69) is 47.0 Å². The van der Waals surface area contributed by atoms with Gasteiger partial charge in [0.05, 0.1) is 37.9 Å². The van der Waals surface area contributed by atoms with Crippen LogP contribution in [0.25, 0.3) is 0 Å². The van der Waals surface area contributed by atoms with Crippen LogP contribution in [0.4, 0.5) is 28.8 Å². The number of hydrogen-bond acceptors (Lipinski definition) is 26. The van der Waals surface area contributed by atoms with Gasteiger partial charge in [-0.1, -0.05) is 368 Å². The SMILES string of the molecule is CC(C)(C[C@H]1[C@H](O[C@@H]2[C@H]3OC(=O)N[C@@H]3C[C@H](NC(=O)OCc3ccccc3)[C@H]2O[C@H]2O[C@@H]3CN(C(=O)OCc4ccccc4)C(c4ccccc4)O[C@H]3[C@H](OC(=S)n3ccnc3)[C@H]2NC(=O)OCc2ccccc2)O[C@H](CO[Si](c2ccccc2)(c2ccccc2)C(C)(C)C)[C@H]1O[C@H]1O[C@H]2CN(C(=O)OCc3ccccc3)C(c3ccccc3)O[C@H]2[C@H](O)[C@H]1NC(=O)OCc1ccccc1)[Si](O)(c1ccccc1)c1ccccc1. The Kier molecular flexibility index (Phi) is 32.6. The van der Waals surface area contributed by atoms with Gasteiger partial charge < -0.3 is 107 Å². The van der Waals surface area contributed by atoms with Crippen molar-refractivity contribution in [2.24, 2.45) is 5.92 Å². The molecule has 7 fully saturated rings. The third-order valence-corrected chi connectivity index (χ3v) is 38.3. The molecule has 0 radical (unpaired) electrons. The lowest BCUT2D eigenvalue weighted by molar-refractivity contribution is -0.332. The van der Waals surface area contributed by atoms with Gasteiger partial charge in [0.1, 0.15) is 100 Å². The standard InChI is InChI=1S/C114H120N8O24SSi2/c1-113(2,3)149(83-57-35-15-36-58-83,84-59-37-16-38-60-84)136-72-90-94(142-104-91(118-107(125)132-68-75-41-19-7-20-42-75)93(123)97-88(137-104)65-121(101(140-97)79-49-27-11-28-50-79)110(128)134-70-77-45-23-9-24-46-77)85(64-114(4,5)148(130,81-53-31-13-32-54-81)82-55-33-14-34-56-82)103(139-90)144-100-95(86(63-87-96(100)145-109(127)117-87)116-106(124)131-67-74-39-17-6-18-40-74)143-105-92(119-108(126)133-69-76-43-21-8-22-44-76)99(146-112(147)120-62-61-115-73-120)98-89(138-105)66-122(102(141-98)80-51-29-12-30-52-80)111(129)135-71-78-47-25-10-26-48-78/h6-62,73,85-105,123,130H,63-72H2,1-5H3,(H,116,124)(H,117,127)(H,118,125)(H,119,126)/t85-,86+,87-,88+,89-,90-,91-,92-,93-,94+,95-,96+,97-,98-,99-,100+,101?,102?,103+,104-,105-/m1/s1. The van der Waals surface area contributed by atoms with Crippen LogP contribution in [0.2, 0.25) is 10.1 Å². The van der Waals surface area contributed by atoms with Gasteiger partial charge in [-0.2, -0.15) is 0 Å². The van der Waals surface area contributed by atoms with E-state index < -0.39 is 192 Å². The van der Waals surface area contributed by atoms with E-state index in [9.17, 15) is 14.7 Å². The van der Waals surface area contributed by atoms with Crippen molar-refractivity contribution in [1.82, 2.24) is 40.6 Å². The fourth-order valence-electron chi connectivity index (χ4n) is 21.3. The molecule has 1 aromatic heterocycles. The van der Waals surface area contributed by atoms with Crippen molar-refractivity contribution in [3.63, 3.8) is 0 Å². The number of aromatic nitrogens is 2. The molecule has 19 rings (SSSR count). The molecule has 7 heterocycles. The van der Waals surface area contributed by atoms with Gasteiger partial charge >= 0.3 is 36.6 Å². The van der Waals surface area contributed by atoms with Crippen LogP contribution in [-0.2, 0) is 109 Å². The van der Waals surface area contributed by atoms with Crippen molar-refractivity contribution in [2.45, 2.75) is 213 Å². The molecule has 1 aliphatic carbocycles. The Morgan fingerprint density at radius 1 is 0.450 bits per heavy atom. The highest BCUT2D eigenvalue weighted by molar-refractivity contribution is 7.80. The molecule has 1 saturated carbocycles. The fraction of sp³-hybridized carbons (Fsp3) is 0.333. The minimum absolute atomic E-state index is 0.131. The van der Waals surface area contributed by atoms with E-state index in [0.29, 0.717) is 49.3 Å². The summed E-state index contributed by atoms with van der Waals surface area (Å²) in [5, 5.41) is 26.7. The van der Waals surface area contributed by atoms with E-state index in [1.54, 1.807) is 128 Å². The average molecular weight is 2070 g/mol. The van der Waals surface area contributed by atoms with Gasteiger partial charge in [0.25, 0.3) is 21.8 Å². The first-order valence-corrected chi connectivity index (χ1v) is 54.3. The summed E-state index contributed by atoms with van der Waals surface area (Å²) in [6.45, 7) is 8.35. The number of thiocarbonyl (C=S) groups is 1. The third-order valence-electron chi connectivity index (χ3n) is 28.5. The summed E-state index contributed by atoms with van der Waals surface area (Å²) < 4.78 is 115. The maximum atomic E-state index is 15.4. The smallest absolute Gasteiger partial charge is 0.412 e. The monoisotopic (exact) mass is 2070 g/mol. The minimum atomic E-state index is -4.32. The Hall–Kier alpha value is -13.9. The largest absolute Gasteiger partial charge is 0.462 e. The van der Waals surface area contributed by atoms with E-state index >= 15 is 24.0 Å². The van der Waals surface area contributed by atoms with Crippen LogP contribution in [0.5, 0.6) is 0 Å². The second-order valence-electron chi connectivity index (χ2n) is 39.7. The number of hydrogen-bond donors (Lipinski definition) is 6. The summed E-state index contributed by atoms with van der Waals surface area (Å²) in [5.41, 5.74) is 4.31. The summed E-state index contributed by atoms with van der Waals surface area (Å²) in [5.74, 6) is -1.29. The summed E-state index contributed by atoms with van der Waals surface area (Å²) >= 11 is 6.22. The number of aliphatic hydroxyl groups excluding tert-OH is 1. The van der Waals surface area contributed by atoms with Gasteiger partial charge in [-0.25, -0.2) is 33.8 Å². The third kappa shape index (κ3) is 23.6. The van der Waals surface area contributed by atoms with Crippen LogP contribution in [0.15, 0.2) is 352 Å². The number of carbonyl (C=O) groups excluding carboxylic acids is 6. The van der Waals surface area contributed by atoms with Crippen LogP contribution < -0.4 is 42.0 Å². The van der Waals surface area contributed by atoms with Crippen molar-refractivity contribution in [1.29, 1.82) is 0 Å². The first-order chi connectivity index (χ1) is 72.4. The normalized spacial score (nSPS) is 25.7. The zero-order chi connectivity index (χ0) is 103. The summed E-state index contributed by atoms with van der Waals surface area (Å²) in [4.78, 5) is 113. The molecule has 6 saturated heterocycles. The molecule has 6 aliphatic heterocycles. The second kappa shape index (κ2) is 46.9. The number of nitrogens with one attached hydrogen (secondary N) is 4. The Labute approximate surface area is 871 Å². The lowest BCUT2D eigenvalue weighted by Gasteiger charge is -2.53. The fourth-order valence-corrected chi connectivity index (χ4v) is 29.9. The molecule has 32 nitrogen and oxygen atoms in total. The number of ether oxygens (including phenoxy) is 15. The Morgan fingerprint density at radius 3 is 1.28 bits per heavy atom. The molecule has 0 spiro atoms. The van der Waals surface area contributed by atoms with Gasteiger partial charge in [0.15, 0.2) is 43.5 Å². The van der Waals surface area contributed by atoms with Gasteiger partial charge in [0.2, 0.25) is 0 Å². The average Bonchev–Trinajstić information content (AvgIpc) is 1.62. The molecule has 149 heavy (non-hydrogen) atoms. The lowest BCUT2D eigenvalue weighted by Crippen LogP contribution is -2.72. The summed E-state index contributed by atoms with van der Waals surface area (Å²) in [7, 11) is -8.08. The van der Waals surface area contributed by atoms with Crippen LogP contribution in [0.1, 0.15) is 98.9 Å². The second-order valence-corrected chi connectivity index (χ2v) is 48.2. The Morgan fingerprint density at radius 2 is 0.839 bits per heavy atom. The molecule has 0 bridgehead atoms. The number of amides is 6. The van der Waals surface area contributed by atoms with Crippen LogP contribution >= 0.6 is 12.2 Å². The summed E-state index contributed by atoms with van der Waals surface area (Å²) in [6, 6.07) is 96.2. The number of aliphatic hydroxyl groups is 1. The lowest BCUT2D eigenvalue weighted by atomic mass is 9.83.